The smallest absolute Gasteiger partial charge is 0.184 e. The summed E-state index contributed by atoms with van der Waals surface area (Å²) in [5.74, 6) is -2.23. The van der Waals surface area contributed by atoms with Gasteiger partial charge in [0.2, 0.25) is 0 Å². The Bertz CT molecular complexity index is 308. The van der Waals surface area contributed by atoms with Gasteiger partial charge in [-0.3, -0.25) is 5.11 Å². The van der Waals surface area contributed by atoms with Crippen molar-refractivity contribution in [2.24, 2.45) is 5.92 Å². The molecule has 0 unspecified atom stereocenters. The van der Waals surface area contributed by atoms with Crippen LogP contribution in [0.25, 0.3) is 0 Å². The fourth-order valence-corrected chi connectivity index (χ4v) is 1.17. The van der Waals surface area contributed by atoms with Crippen molar-refractivity contribution in [2.75, 3.05) is 0 Å². The fourth-order valence-electron chi connectivity index (χ4n) is 1.17. The Balaban J connectivity index is 3.10. The molecule has 0 aromatic heterocycles. The van der Waals surface area contributed by atoms with Gasteiger partial charge in [-0.1, -0.05) is 13.8 Å². The summed E-state index contributed by atoms with van der Waals surface area (Å²) in [5, 5.41) is 11.1. The number of hydrogen-bond acceptors (Lipinski definition) is 0. The van der Waals surface area contributed by atoms with E-state index in [0.717, 1.165) is 12.1 Å². The van der Waals surface area contributed by atoms with Gasteiger partial charge in [-0.2, -0.15) is 0 Å². The Morgan fingerprint density at radius 2 is 1.92 bits per heavy atom. The van der Waals surface area contributed by atoms with Gasteiger partial charge in [0, 0.05) is 5.56 Å². The van der Waals surface area contributed by atoms with Gasteiger partial charge in [0.15, 0.2) is 17.4 Å². The predicted octanol–water partition coefficient (Wildman–Crippen LogP) is 3.31. The molecule has 3 heteroatoms. The molecule has 0 heterocycles. The lowest BCUT2D eigenvalue weighted by atomic mass is 10.0. The van der Waals surface area contributed by atoms with E-state index in [9.17, 15) is 13.9 Å². The molecule has 0 bridgehead atoms. The Morgan fingerprint density at radius 3 is 2.46 bits per heavy atom. The van der Waals surface area contributed by atoms with Crippen molar-refractivity contribution in [3.05, 3.63) is 29.3 Å². The van der Waals surface area contributed by atoms with Crippen LogP contribution in [0, 0.1) is 17.6 Å². The molecule has 1 nitrogen and oxygen atoms in total. The summed E-state index contributed by atoms with van der Waals surface area (Å²) in [6.07, 6.45) is 0.280. The first-order chi connectivity index (χ1) is 6.02. The zero-order valence-electron chi connectivity index (χ0n) is 7.60. The van der Waals surface area contributed by atoms with Crippen LogP contribution < -0.4 is 0 Å². The van der Waals surface area contributed by atoms with Gasteiger partial charge in [-0.05, 0) is 24.5 Å². The molecule has 0 fully saturated rings. The number of benzene rings is 1. The molecule has 1 aromatic rings. The zero-order valence-corrected chi connectivity index (χ0v) is 7.60. The minimum absolute atomic E-state index is 0.0463. The third-order valence-corrected chi connectivity index (χ3v) is 1.77. The largest absolute Gasteiger partial charge is 0.290 e. The summed E-state index contributed by atoms with van der Waals surface area (Å²) in [4.78, 5) is 0. The standard InChI is InChI=1S/C10H11F2O/c1-6(2)5-7-9(13)4-3-8(11)10(7)12/h3-4,6H,5H2,1-2H3. The number of halogens is 2. The van der Waals surface area contributed by atoms with Gasteiger partial charge >= 0.3 is 0 Å². The molecule has 0 atom stereocenters. The predicted molar refractivity (Wildman–Crippen MR) is 45.0 cm³/mol. The van der Waals surface area contributed by atoms with Gasteiger partial charge in [0.05, 0.1) is 0 Å². The molecule has 0 N–H and O–H groups in total. The SMILES string of the molecule is CC(C)Cc1c([O])ccc(F)c1F. The number of rotatable bonds is 2. The monoisotopic (exact) mass is 185 g/mol. The van der Waals surface area contributed by atoms with Crippen LogP contribution in [0.4, 0.5) is 8.78 Å². The summed E-state index contributed by atoms with van der Waals surface area (Å²) in [6, 6.07) is 1.93. The van der Waals surface area contributed by atoms with Crippen molar-refractivity contribution >= 4 is 0 Å². The molecule has 0 spiro atoms. The molecule has 1 radical (unpaired) electrons. The van der Waals surface area contributed by atoms with E-state index in [1.165, 1.54) is 0 Å². The molecule has 0 saturated heterocycles. The Labute approximate surface area is 76.0 Å². The first kappa shape index (κ1) is 9.96. The minimum atomic E-state index is -0.999. The first-order valence-corrected chi connectivity index (χ1v) is 4.16. The van der Waals surface area contributed by atoms with Crippen LogP contribution >= 0.6 is 0 Å². The van der Waals surface area contributed by atoms with E-state index >= 15 is 0 Å². The van der Waals surface area contributed by atoms with E-state index < -0.39 is 17.4 Å². The van der Waals surface area contributed by atoms with Crippen molar-refractivity contribution in [1.29, 1.82) is 0 Å². The van der Waals surface area contributed by atoms with Gasteiger partial charge in [0.1, 0.15) is 0 Å². The minimum Gasteiger partial charge on any atom is -0.290 e. The molecule has 0 aliphatic carbocycles. The maximum absolute atomic E-state index is 13.0. The van der Waals surface area contributed by atoms with Crippen molar-refractivity contribution in [1.82, 2.24) is 0 Å². The van der Waals surface area contributed by atoms with Gasteiger partial charge < -0.3 is 0 Å². The van der Waals surface area contributed by atoms with Crippen LogP contribution in [0.2, 0.25) is 0 Å². The summed E-state index contributed by atoms with van der Waals surface area (Å²) in [5.41, 5.74) is -0.0463. The highest BCUT2D eigenvalue weighted by atomic mass is 19.2. The van der Waals surface area contributed by atoms with Crippen molar-refractivity contribution in [2.45, 2.75) is 20.3 Å². The second-order valence-corrected chi connectivity index (χ2v) is 3.44. The second-order valence-electron chi connectivity index (χ2n) is 3.44. The van der Waals surface area contributed by atoms with E-state index in [-0.39, 0.29) is 17.9 Å². The molecule has 0 saturated carbocycles. The lowest BCUT2D eigenvalue weighted by Crippen LogP contribution is -1.99. The average Bonchev–Trinajstić information content (AvgIpc) is 2.05. The van der Waals surface area contributed by atoms with Crippen LogP contribution in [0.15, 0.2) is 12.1 Å². The van der Waals surface area contributed by atoms with Gasteiger partial charge in [0.25, 0.3) is 0 Å². The summed E-state index contributed by atoms with van der Waals surface area (Å²) in [6.45, 7) is 3.70. The Hall–Kier alpha value is -1.12. The van der Waals surface area contributed by atoms with E-state index in [0.29, 0.717) is 0 Å². The van der Waals surface area contributed by atoms with Crippen molar-refractivity contribution in [3.63, 3.8) is 0 Å². The molecule has 1 aromatic carbocycles. The van der Waals surface area contributed by atoms with E-state index in [2.05, 4.69) is 0 Å². The quantitative estimate of drug-likeness (QED) is 0.673. The van der Waals surface area contributed by atoms with Gasteiger partial charge in [-0.25, -0.2) is 8.78 Å². The molecular weight excluding hydrogens is 174 g/mol. The summed E-state index contributed by atoms with van der Waals surface area (Å²) in [7, 11) is 0. The van der Waals surface area contributed by atoms with Crippen LogP contribution in [0.1, 0.15) is 19.4 Å². The molecule has 71 valence electrons. The Kier molecular flexibility index (Phi) is 2.86. The van der Waals surface area contributed by atoms with Crippen LogP contribution in [0.3, 0.4) is 0 Å². The van der Waals surface area contributed by atoms with Crippen molar-refractivity contribution in [3.8, 4) is 5.75 Å². The fraction of sp³-hybridized carbons (Fsp3) is 0.400. The third-order valence-electron chi connectivity index (χ3n) is 1.77. The Morgan fingerprint density at radius 1 is 1.31 bits per heavy atom. The van der Waals surface area contributed by atoms with Crippen LogP contribution in [0.5, 0.6) is 5.75 Å². The van der Waals surface area contributed by atoms with Crippen LogP contribution in [-0.2, 0) is 11.5 Å². The average molecular weight is 185 g/mol. The third kappa shape index (κ3) is 2.17. The highest BCUT2D eigenvalue weighted by Gasteiger charge is 2.15. The topological polar surface area (TPSA) is 19.9 Å². The van der Waals surface area contributed by atoms with E-state index in [4.69, 9.17) is 0 Å². The lowest BCUT2D eigenvalue weighted by molar-refractivity contribution is 0.339. The molecule has 0 amide bonds. The normalized spacial score (nSPS) is 10.8. The number of hydrogen-bond donors (Lipinski definition) is 0. The first-order valence-electron chi connectivity index (χ1n) is 4.16. The van der Waals surface area contributed by atoms with Crippen LogP contribution in [-0.4, -0.2) is 0 Å². The maximum Gasteiger partial charge on any atom is 0.184 e. The summed E-state index contributed by atoms with van der Waals surface area (Å²) < 4.78 is 25.7. The second kappa shape index (κ2) is 3.73. The molecule has 1 rings (SSSR count). The highest BCUT2D eigenvalue weighted by Crippen LogP contribution is 2.25. The maximum atomic E-state index is 13.0. The summed E-state index contributed by atoms with van der Waals surface area (Å²) >= 11 is 0. The van der Waals surface area contributed by atoms with E-state index in [1.54, 1.807) is 0 Å². The lowest BCUT2D eigenvalue weighted by Gasteiger charge is -2.07. The molecule has 13 heavy (non-hydrogen) atoms. The zero-order chi connectivity index (χ0) is 10.0. The van der Waals surface area contributed by atoms with Gasteiger partial charge in [-0.15, -0.1) is 0 Å². The van der Waals surface area contributed by atoms with Crippen molar-refractivity contribution < 1.29 is 13.9 Å². The van der Waals surface area contributed by atoms with E-state index in [1.807, 2.05) is 13.8 Å². The highest BCUT2D eigenvalue weighted by molar-refractivity contribution is 5.34. The molecule has 0 aliphatic rings. The molecular formula is C10H11F2O. The molecule has 0 aliphatic heterocycles.